The maximum atomic E-state index is 12.8. The summed E-state index contributed by atoms with van der Waals surface area (Å²) in [7, 11) is 3.58. The van der Waals surface area contributed by atoms with Crippen LogP contribution in [0.3, 0.4) is 0 Å². The van der Waals surface area contributed by atoms with E-state index in [4.69, 9.17) is 23.9 Å². The molecule has 2 aromatic carbocycles. The lowest BCUT2D eigenvalue weighted by Gasteiger charge is -2.36. The van der Waals surface area contributed by atoms with Crippen LogP contribution in [0.15, 0.2) is 47.0 Å². The van der Waals surface area contributed by atoms with Gasteiger partial charge in [-0.25, -0.2) is 4.98 Å². The zero-order valence-electron chi connectivity index (χ0n) is 25.8. The number of rotatable bonds is 8. The van der Waals surface area contributed by atoms with Gasteiger partial charge in [-0.05, 0) is 75.5 Å². The van der Waals surface area contributed by atoms with Crippen molar-refractivity contribution in [2.75, 3.05) is 32.6 Å². The molecular weight excluding hydrogens is 574 g/mol. The van der Waals surface area contributed by atoms with Crippen LogP contribution in [0.4, 0.5) is 11.6 Å². The topological polar surface area (TPSA) is 151 Å². The van der Waals surface area contributed by atoms with Crippen molar-refractivity contribution in [3.63, 3.8) is 0 Å². The molecule has 1 aliphatic carbocycles. The number of nitrogens with one attached hydrogen (secondary N) is 3. The summed E-state index contributed by atoms with van der Waals surface area (Å²) in [6, 6.07) is 11.3. The minimum Gasteiger partial charge on any atom is -0.495 e. The minimum atomic E-state index is -0.689. The van der Waals surface area contributed by atoms with Gasteiger partial charge in [-0.3, -0.25) is 4.79 Å². The van der Waals surface area contributed by atoms with Gasteiger partial charge in [0, 0.05) is 37.3 Å². The minimum absolute atomic E-state index is 0.110. The smallest absolute Gasteiger partial charge is 0.251 e. The Hall–Kier alpha value is -4.68. The molecule has 0 bridgehead atoms. The van der Waals surface area contributed by atoms with Crippen molar-refractivity contribution in [3.8, 4) is 22.8 Å². The van der Waals surface area contributed by atoms with E-state index in [1.54, 1.807) is 25.3 Å². The number of carbonyl (C=O) groups is 1. The largest absolute Gasteiger partial charge is 0.495 e. The molecule has 1 amide bonds. The Kier molecular flexibility index (Phi) is 7.33. The highest BCUT2D eigenvalue weighted by atomic mass is 16.5. The summed E-state index contributed by atoms with van der Waals surface area (Å²) in [6.45, 7) is 5.37. The number of oxazole rings is 1. The Labute approximate surface area is 260 Å². The van der Waals surface area contributed by atoms with Gasteiger partial charge in [0.15, 0.2) is 11.5 Å². The van der Waals surface area contributed by atoms with E-state index in [1.165, 1.54) is 0 Å². The fraction of sp³-hybridized carbons (Fsp3) is 0.394. The van der Waals surface area contributed by atoms with Crippen LogP contribution < -0.4 is 20.1 Å². The number of aryl methyl sites for hydroxylation is 1. The van der Waals surface area contributed by atoms with E-state index in [2.05, 4.69) is 25.5 Å². The summed E-state index contributed by atoms with van der Waals surface area (Å²) in [5, 5.41) is 17.6. The van der Waals surface area contributed by atoms with Crippen LogP contribution in [0, 0.1) is 6.92 Å². The number of aromatic nitrogens is 4. The van der Waals surface area contributed by atoms with Crippen LogP contribution in [0.25, 0.3) is 33.3 Å². The van der Waals surface area contributed by atoms with Gasteiger partial charge in [-0.15, -0.1) is 0 Å². The van der Waals surface area contributed by atoms with E-state index in [1.807, 2.05) is 45.3 Å². The van der Waals surface area contributed by atoms with Gasteiger partial charge in [-0.2, -0.15) is 9.97 Å². The number of anilines is 2. The van der Waals surface area contributed by atoms with Crippen LogP contribution in [0.1, 0.15) is 48.9 Å². The lowest BCUT2D eigenvalue weighted by atomic mass is 9.85. The predicted octanol–water partition coefficient (Wildman–Crippen LogP) is 4.94. The molecule has 4 heterocycles. The van der Waals surface area contributed by atoms with Crippen LogP contribution in [-0.4, -0.2) is 80.8 Å². The van der Waals surface area contributed by atoms with Gasteiger partial charge in [-0.1, -0.05) is 6.07 Å². The number of benzene rings is 2. The Morgan fingerprint density at radius 3 is 2.69 bits per heavy atom. The number of fused-ring (bicyclic) bond motifs is 2. The lowest BCUT2D eigenvalue weighted by molar-refractivity contribution is -0.0114. The lowest BCUT2D eigenvalue weighted by Crippen LogP contribution is -2.57. The standard InChI is InChI=1S/C33H37N7O5/c1-18-35-25-7-5-19(13-27(25)44-18)23-15-34-29-28(23)31(45-22-9-11-33(2,42)12-10-22)39-32(38-29)37-24-8-6-20(14-26(24)43-4)30(41)36-21-16-40(3)17-21/h5-8,13-15,21-22,42H,9-12,16-17H2,1-4H3,(H,36,41)(H2,34,37,38,39)/t22-,33+. The Bertz CT molecular complexity index is 1880. The summed E-state index contributed by atoms with van der Waals surface area (Å²) in [4.78, 5) is 32.3. The summed E-state index contributed by atoms with van der Waals surface area (Å²) in [6.07, 6.45) is 4.48. The first kappa shape index (κ1) is 29.1. The molecule has 2 fully saturated rings. The van der Waals surface area contributed by atoms with E-state index in [0.717, 1.165) is 35.1 Å². The number of ether oxygens (including phenoxy) is 2. The molecule has 5 aromatic rings. The number of amides is 1. The Balaban J connectivity index is 1.22. The zero-order valence-corrected chi connectivity index (χ0v) is 25.8. The average Bonchev–Trinajstić information content (AvgIpc) is 3.60. The van der Waals surface area contributed by atoms with E-state index < -0.39 is 5.60 Å². The number of H-pyrrole nitrogens is 1. The SMILES string of the molecule is COc1cc(C(=O)NC2CN(C)C2)ccc1Nc1nc(O[C@H]2CC[C@@](C)(O)CC2)c2c(-c3ccc4nc(C)oc4c3)c[nH]c2n1. The van der Waals surface area contributed by atoms with E-state index in [0.29, 0.717) is 71.6 Å². The normalized spacial score (nSPS) is 20.7. The molecule has 0 atom stereocenters. The molecule has 1 saturated heterocycles. The monoisotopic (exact) mass is 611 g/mol. The first-order chi connectivity index (χ1) is 21.6. The summed E-state index contributed by atoms with van der Waals surface area (Å²) in [5.74, 6) is 1.68. The molecule has 0 spiro atoms. The molecule has 45 heavy (non-hydrogen) atoms. The van der Waals surface area contributed by atoms with Gasteiger partial charge in [0.05, 0.1) is 29.8 Å². The number of likely N-dealkylation sites (N-methyl/N-ethyl adjacent to an activating group) is 1. The van der Waals surface area contributed by atoms with E-state index in [-0.39, 0.29) is 18.1 Å². The molecule has 3 aromatic heterocycles. The first-order valence-corrected chi connectivity index (χ1v) is 15.2. The van der Waals surface area contributed by atoms with Gasteiger partial charge in [0.2, 0.25) is 11.8 Å². The molecule has 0 radical (unpaired) electrons. The van der Waals surface area contributed by atoms with Crippen molar-refractivity contribution in [2.45, 2.75) is 57.3 Å². The third-order valence-electron chi connectivity index (χ3n) is 8.70. The zero-order chi connectivity index (χ0) is 31.3. The van der Waals surface area contributed by atoms with Gasteiger partial charge < -0.3 is 39.5 Å². The molecular formula is C33H37N7O5. The molecule has 1 saturated carbocycles. The summed E-state index contributed by atoms with van der Waals surface area (Å²) < 4.78 is 18.0. The maximum absolute atomic E-state index is 12.8. The van der Waals surface area contributed by atoms with Crippen molar-refractivity contribution < 1.29 is 23.8 Å². The third kappa shape index (κ3) is 5.90. The highest BCUT2D eigenvalue weighted by molar-refractivity contribution is 5.99. The van der Waals surface area contributed by atoms with Crippen molar-refractivity contribution in [2.24, 2.45) is 0 Å². The Morgan fingerprint density at radius 2 is 1.93 bits per heavy atom. The Morgan fingerprint density at radius 1 is 1.13 bits per heavy atom. The fourth-order valence-electron chi connectivity index (χ4n) is 6.18. The molecule has 234 valence electrons. The number of likely N-dealkylation sites (tertiary alicyclic amines) is 1. The molecule has 0 unspecified atom stereocenters. The van der Waals surface area contributed by atoms with E-state index in [9.17, 15) is 9.90 Å². The number of hydrogen-bond acceptors (Lipinski definition) is 10. The van der Waals surface area contributed by atoms with E-state index >= 15 is 0 Å². The van der Waals surface area contributed by atoms with Crippen molar-refractivity contribution in [1.29, 1.82) is 0 Å². The average molecular weight is 612 g/mol. The number of methoxy groups -OCH3 is 1. The van der Waals surface area contributed by atoms with Crippen LogP contribution in [0.2, 0.25) is 0 Å². The second-order valence-corrected chi connectivity index (χ2v) is 12.4. The molecule has 12 heteroatoms. The van der Waals surface area contributed by atoms with Crippen LogP contribution in [0.5, 0.6) is 11.6 Å². The number of aromatic amines is 1. The molecule has 12 nitrogen and oxygen atoms in total. The van der Waals surface area contributed by atoms with Crippen molar-refractivity contribution >= 4 is 39.7 Å². The first-order valence-electron chi connectivity index (χ1n) is 15.2. The van der Waals surface area contributed by atoms with Gasteiger partial charge in [0.25, 0.3) is 5.91 Å². The summed E-state index contributed by atoms with van der Waals surface area (Å²) in [5.41, 5.74) is 4.28. The predicted molar refractivity (Wildman–Crippen MR) is 170 cm³/mol. The number of nitrogens with zero attached hydrogens (tertiary/aromatic N) is 4. The number of aliphatic hydroxyl groups is 1. The second-order valence-electron chi connectivity index (χ2n) is 12.4. The second kappa shape index (κ2) is 11.4. The van der Waals surface area contributed by atoms with Gasteiger partial charge in [0.1, 0.15) is 23.0 Å². The fourth-order valence-corrected chi connectivity index (χ4v) is 6.18. The highest BCUT2D eigenvalue weighted by Gasteiger charge is 2.31. The third-order valence-corrected chi connectivity index (χ3v) is 8.70. The quantitative estimate of drug-likeness (QED) is 0.190. The van der Waals surface area contributed by atoms with Crippen molar-refractivity contribution in [3.05, 3.63) is 54.0 Å². The van der Waals surface area contributed by atoms with Gasteiger partial charge >= 0.3 is 0 Å². The number of carbonyl (C=O) groups excluding carboxylic acids is 1. The molecule has 4 N–H and O–H groups in total. The molecule has 1 aliphatic heterocycles. The molecule has 2 aliphatic rings. The maximum Gasteiger partial charge on any atom is 0.251 e. The summed E-state index contributed by atoms with van der Waals surface area (Å²) >= 11 is 0. The van der Waals surface area contributed by atoms with Crippen LogP contribution in [-0.2, 0) is 0 Å². The number of hydrogen-bond donors (Lipinski definition) is 4. The van der Waals surface area contributed by atoms with Crippen LogP contribution >= 0.6 is 0 Å². The highest BCUT2D eigenvalue weighted by Crippen LogP contribution is 2.39. The van der Waals surface area contributed by atoms with Crippen molar-refractivity contribution in [1.82, 2.24) is 30.2 Å². The molecule has 7 rings (SSSR count).